The second kappa shape index (κ2) is 5.16. The van der Waals surface area contributed by atoms with E-state index in [1.807, 2.05) is 12.1 Å². The van der Waals surface area contributed by atoms with E-state index >= 15 is 0 Å². The van der Waals surface area contributed by atoms with Gasteiger partial charge in [0.2, 0.25) is 0 Å². The number of rotatable bonds is 3. The van der Waals surface area contributed by atoms with Crippen molar-refractivity contribution in [2.75, 3.05) is 19.7 Å². The minimum atomic E-state index is -0.250. The lowest BCUT2D eigenvalue weighted by atomic mass is 10.0. The largest absolute Gasteiger partial charge is 0.367 e. The maximum absolute atomic E-state index is 12.2. The average molecular weight is 246 g/mol. The molecule has 3 heterocycles. The molecule has 0 amide bonds. The summed E-state index contributed by atoms with van der Waals surface area (Å²) in [4.78, 5) is 18.6. The number of carbonyl (C=O) groups is 1. The van der Waals surface area contributed by atoms with Gasteiger partial charge >= 0.3 is 0 Å². The Morgan fingerprint density at radius 3 is 3.33 bits per heavy atom. The molecule has 4 nitrogen and oxygen atoms in total. The first-order valence-corrected chi connectivity index (χ1v) is 6.60. The molecule has 1 aromatic heterocycles. The first-order chi connectivity index (χ1) is 8.83. The van der Waals surface area contributed by atoms with Gasteiger partial charge in [-0.25, -0.2) is 0 Å². The van der Waals surface area contributed by atoms with Crippen LogP contribution >= 0.6 is 0 Å². The quantitative estimate of drug-likeness (QED) is 0.799. The van der Waals surface area contributed by atoms with E-state index in [0.29, 0.717) is 19.1 Å². The lowest BCUT2D eigenvalue weighted by Crippen LogP contribution is -2.49. The number of fused-ring (bicyclic) bond motifs is 1. The van der Waals surface area contributed by atoms with Gasteiger partial charge in [-0.3, -0.25) is 14.7 Å². The molecule has 2 unspecified atom stereocenters. The van der Waals surface area contributed by atoms with Crippen LogP contribution < -0.4 is 0 Å². The summed E-state index contributed by atoms with van der Waals surface area (Å²) in [7, 11) is 0. The van der Waals surface area contributed by atoms with Gasteiger partial charge in [-0.2, -0.15) is 0 Å². The van der Waals surface area contributed by atoms with Crippen LogP contribution in [0.4, 0.5) is 0 Å². The van der Waals surface area contributed by atoms with Crippen LogP contribution in [0.15, 0.2) is 24.5 Å². The maximum Gasteiger partial charge on any atom is 0.167 e. The van der Waals surface area contributed by atoms with Crippen molar-refractivity contribution in [3.63, 3.8) is 0 Å². The highest BCUT2D eigenvalue weighted by atomic mass is 16.5. The van der Waals surface area contributed by atoms with E-state index in [1.165, 1.54) is 12.8 Å². The first kappa shape index (κ1) is 11.8. The minimum absolute atomic E-state index is 0.174. The van der Waals surface area contributed by atoms with Gasteiger partial charge in [0.05, 0.1) is 6.61 Å². The Kier molecular flexibility index (Phi) is 3.39. The Labute approximate surface area is 107 Å². The highest BCUT2D eigenvalue weighted by Gasteiger charge is 2.34. The Hall–Kier alpha value is -1.26. The van der Waals surface area contributed by atoms with Crippen molar-refractivity contribution < 1.29 is 9.53 Å². The molecule has 18 heavy (non-hydrogen) atoms. The maximum atomic E-state index is 12.2. The van der Waals surface area contributed by atoms with E-state index in [9.17, 15) is 4.79 Å². The molecule has 0 radical (unpaired) electrons. The van der Waals surface area contributed by atoms with Crippen LogP contribution in [0.5, 0.6) is 0 Å². The van der Waals surface area contributed by atoms with Gasteiger partial charge in [0, 0.05) is 31.4 Å². The van der Waals surface area contributed by atoms with E-state index in [0.717, 1.165) is 18.7 Å². The molecule has 0 aliphatic carbocycles. The number of ether oxygens (including phenoxy) is 1. The summed E-state index contributed by atoms with van der Waals surface area (Å²) in [5.74, 6) is 0.174. The molecule has 2 saturated heterocycles. The van der Waals surface area contributed by atoms with Crippen LogP contribution in [-0.4, -0.2) is 47.5 Å². The Bertz CT molecular complexity index is 421. The fourth-order valence-electron chi connectivity index (χ4n) is 2.83. The summed E-state index contributed by atoms with van der Waals surface area (Å²) in [6.45, 7) is 2.60. The number of carbonyl (C=O) groups excluding carboxylic acids is 1. The lowest BCUT2D eigenvalue weighted by molar-refractivity contribution is -0.137. The smallest absolute Gasteiger partial charge is 0.167 e. The number of morpholine rings is 1. The van der Waals surface area contributed by atoms with Crippen LogP contribution in [0.2, 0.25) is 0 Å². The number of nitrogens with zero attached hydrogens (tertiary/aromatic N) is 2. The summed E-state index contributed by atoms with van der Waals surface area (Å²) >= 11 is 0. The van der Waals surface area contributed by atoms with Gasteiger partial charge in [0.25, 0.3) is 0 Å². The van der Waals surface area contributed by atoms with Crippen LogP contribution in [0.3, 0.4) is 0 Å². The van der Waals surface area contributed by atoms with E-state index < -0.39 is 0 Å². The van der Waals surface area contributed by atoms with E-state index in [2.05, 4.69) is 9.88 Å². The third-order valence-electron chi connectivity index (χ3n) is 3.85. The Morgan fingerprint density at radius 1 is 1.56 bits per heavy atom. The van der Waals surface area contributed by atoms with Crippen molar-refractivity contribution in [1.82, 2.24) is 9.88 Å². The molecule has 1 aromatic rings. The molecule has 2 aliphatic heterocycles. The van der Waals surface area contributed by atoms with E-state index in [-0.39, 0.29) is 11.9 Å². The summed E-state index contributed by atoms with van der Waals surface area (Å²) in [5.41, 5.74) is 0.967. The molecule has 3 rings (SSSR count). The van der Waals surface area contributed by atoms with E-state index in [1.54, 1.807) is 12.4 Å². The summed E-state index contributed by atoms with van der Waals surface area (Å²) < 4.78 is 5.71. The third-order valence-corrected chi connectivity index (χ3v) is 3.85. The van der Waals surface area contributed by atoms with Gasteiger partial charge in [0.1, 0.15) is 6.10 Å². The van der Waals surface area contributed by atoms with Crippen LogP contribution in [-0.2, 0) is 16.0 Å². The second-order valence-electron chi connectivity index (χ2n) is 5.12. The van der Waals surface area contributed by atoms with Gasteiger partial charge in [0.15, 0.2) is 5.78 Å². The summed E-state index contributed by atoms with van der Waals surface area (Å²) in [6, 6.07) is 4.35. The van der Waals surface area contributed by atoms with Crippen molar-refractivity contribution >= 4 is 5.78 Å². The predicted octanol–water partition coefficient (Wildman–Crippen LogP) is 1.06. The molecule has 2 aliphatic rings. The lowest BCUT2D eigenvalue weighted by Gasteiger charge is -2.34. The van der Waals surface area contributed by atoms with Crippen LogP contribution in [0, 0.1) is 0 Å². The predicted molar refractivity (Wildman–Crippen MR) is 67.3 cm³/mol. The van der Waals surface area contributed by atoms with Crippen molar-refractivity contribution in [3.8, 4) is 0 Å². The fraction of sp³-hybridized carbons (Fsp3) is 0.571. The SMILES string of the molecule is O=C(Cc1cccnc1)C1CN2CCCC2CO1. The topological polar surface area (TPSA) is 42.4 Å². The molecule has 2 atom stereocenters. The van der Waals surface area contributed by atoms with E-state index in [4.69, 9.17) is 4.74 Å². The van der Waals surface area contributed by atoms with Crippen molar-refractivity contribution in [2.24, 2.45) is 0 Å². The number of ketones is 1. The summed E-state index contributed by atoms with van der Waals surface area (Å²) in [6.07, 6.45) is 6.09. The molecule has 0 spiro atoms. The normalized spacial score (nSPS) is 28.0. The molecule has 0 saturated carbocycles. The number of aromatic nitrogens is 1. The van der Waals surface area contributed by atoms with Crippen LogP contribution in [0.1, 0.15) is 18.4 Å². The van der Waals surface area contributed by atoms with Gasteiger partial charge in [-0.1, -0.05) is 6.07 Å². The number of pyridine rings is 1. The zero-order valence-corrected chi connectivity index (χ0v) is 10.4. The third kappa shape index (κ3) is 2.44. The molecular formula is C14H18N2O2. The molecule has 0 bridgehead atoms. The number of hydrogen-bond donors (Lipinski definition) is 0. The summed E-state index contributed by atoms with van der Waals surface area (Å²) in [5, 5.41) is 0. The number of hydrogen-bond acceptors (Lipinski definition) is 4. The van der Waals surface area contributed by atoms with Crippen molar-refractivity contribution in [2.45, 2.75) is 31.4 Å². The first-order valence-electron chi connectivity index (χ1n) is 6.60. The zero-order chi connectivity index (χ0) is 12.4. The van der Waals surface area contributed by atoms with Crippen LogP contribution in [0.25, 0.3) is 0 Å². The zero-order valence-electron chi connectivity index (χ0n) is 10.4. The molecule has 0 N–H and O–H groups in total. The molecule has 4 heteroatoms. The average Bonchev–Trinajstić information content (AvgIpc) is 2.87. The minimum Gasteiger partial charge on any atom is -0.367 e. The van der Waals surface area contributed by atoms with Gasteiger partial charge in [-0.05, 0) is 31.0 Å². The van der Waals surface area contributed by atoms with Crippen molar-refractivity contribution in [3.05, 3.63) is 30.1 Å². The Balaban J connectivity index is 1.60. The van der Waals surface area contributed by atoms with Crippen molar-refractivity contribution in [1.29, 1.82) is 0 Å². The molecular weight excluding hydrogens is 228 g/mol. The second-order valence-corrected chi connectivity index (χ2v) is 5.12. The molecule has 0 aromatic carbocycles. The molecule has 96 valence electrons. The van der Waals surface area contributed by atoms with Gasteiger partial charge < -0.3 is 4.74 Å². The number of Topliss-reactive ketones (excluding diaryl/α,β-unsaturated/α-hetero) is 1. The van der Waals surface area contributed by atoms with Gasteiger partial charge in [-0.15, -0.1) is 0 Å². The monoisotopic (exact) mass is 246 g/mol. The standard InChI is InChI=1S/C14H18N2O2/c17-13(7-11-3-1-5-15-8-11)14-9-16-6-2-4-12(16)10-18-14/h1,3,5,8,12,14H,2,4,6-7,9-10H2. The fourth-order valence-corrected chi connectivity index (χ4v) is 2.83. The Morgan fingerprint density at radius 2 is 2.50 bits per heavy atom. The molecule has 2 fully saturated rings. The highest BCUT2D eigenvalue weighted by Crippen LogP contribution is 2.23. The highest BCUT2D eigenvalue weighted by molar-refractivity contribution is 5.85.